The third kappa shape index (κ3) is 6.47. The van der Waals surface area contributed by atoms with Crippen LogP contribution in [0.5, 0.6) is 0 Å². The fourth-order valence-electron chi connectivity index (χ4n) is 5.29. The summed E-state index contributed by atoms with van der Waals surface area (Å²) in [7, 11) is 0. The SMILES string of the molecule is CC(C)c1nocc1C(=O)N[C@H](C(=O)Nc1cn(C(CC(F)F)c2cc(Cl)n[nH]c2=O)nc1F)C(C1CC1)C1CC1. The van der Waals surface area contributed by atoms with Gasteiger partial charge in [-0.05, 0) is 55.4 Å². The Bertz CT molecular complexity index is 1470. The number of aromatic nitrogens is 5. The number of hydrogen-bond acceptors (Lipinski definition) is 7. The minimum atomic E-state index is -2.87. The van der Waals surface area contributed by atoms with Gasteiger partial charge in [-0.1, -0.05) is 30.6 Å². The first-order chi connectivity index (χ1) is 19.5. The molecule has 0 saturated heterocycles. The van der Waals surface area contributed by atoms with E-state index in [-0.39, 0.29) is 45.6 Å². The van der Waals surface area contributed by atoms with Gasteiger partial charge < -0.3 is 15.2 Å². The number of nitrogens with one attached hydrogen (secondary N) is 3. The summed E-state index contributed by atoms with van der Waals surface area (Å²) < 4.78 is 47.8. The van der Waals surface area contributed by atoms with Gasteiger partial charge in [0.1, 0.15) is 28.7 Å². The summed E-state index contributed by atoms with van der Waals surface area (Å²) in [4.78, 5) is 39.2. The van der Waals surface area contributed by atoms with Crippen LogP contribution in [-0.2, 0) is 4.79 Å². The van der Waals surface area contributed by atoms with E-state index in [2.05, 4.69) is 31.1 Å². The molecule has 0 spiro atoms. The van der Waals surface area contributed by atoms with Crippen molar-refractivity contribution in [1.29, 1.82) is 0 Å². The van der Waals surface area contributed by atoms with E-state index in [9.17, 15) is 23.2 Å². The maximum absolute atomic E-state index is 15.0. The molecule has 3 heterocycles. The van der Waals surface area contributed by atoms with Crippen molar-refractivity contribution in [3.8, 4) is 0 Å². The predicted molar refractivity (Wildman–Crippen MR) is 140 cm³/mol. The number of aromatic amines is 1. The van der Waals surface area contributed by atoms with E-state index in [0.717, 1.165) is 42.6 Å². The number of anilines is 1. The number of rotatable bonds is 12. The smallest absolute Gasteiger partial charge is 0.269 e. The third-order valence-electron chi connectivity index (χ3n) is 7.50. The van der Waals surface area contributed by atoms with Gasteiger partial charge in [-0.15, -0.1) is 5.10 Å². The van der Waals surface area contributed by atoms with E-state index >= 15 is 4.39 Å². The van der Waals surface area contributed by atoms with E-state index in [4.69, 9.17) is 16.1 Å². The normalized spacial score (nSPS) is 16.8. The summed E-state index contributed by atoms with van der Waals surface area (Å²) in [6, 6.07) is -1.30. The highest BCUT2D eigenvalue weighted by Gasteiger charge is 2.48. The molecular formula is C26H29ClF3N7O4. The second-order valence-corrected chi connectivity index (χ2v) is 11.3. The zero-order chi connectivity index (χ0) is 29.4. The molecule has 0 aromatic carbocycles. The lowest BCUT2D eigenvalue weighted by atomic mass is 9.88. The minimum Gasteiger partial charge on any atom is -0.364 e. The first-order valence-electron chi connectivity index (χ1n) is 13.4. The summed E-state index contributed by atoms with van der Waals surface area (Å²) >= 11 is 5.85. The number of alkyl halides is 2. The van der Waals surface area contributed by atoms with Gasteiger partial charge in [-0.3, -0.25) is 19.1 Å². The summed E-state index contributed by atoms with van der Waals surface area (Å²) in [5, 5.41) is 18.4. The van der Waals surface area contributed by atoms with Gasteiger partial charge in [0.15, 0.2) is 0 Å². The largest absolute Gasteiger partial charge is 0.364 e. The van der Waals surface area contributed by atoms with Crippen LogP contribution in [0.3, 0.4) is 0 Å². The van der Waals surface area contributed by atoms with Crippen molar-refractivity contribution in [2.45, 2.75) is 70.4 Å². The van der Waals surface area contributed by atoms with Crippen LogP contribution in [0, 0.1) is 23.7 Å². The number of amides is 2. The van der Waals surface area contributed by atoms with Gasteiger partial charge in [-0.25, -0.2) is 13.9 Å². The van der Waals surface area contributed by atoms with Crippen molar-refractivity contribution in [1.82, 2.24) is 30.5 Å². The van der Waals surface area contributed by atoms with E-state index < -0.39 is 48.3 Å². The van der Waals surface area contributed by atoms with Crippen LogP contribution in [0.2, 0.25) is 5.15 Å². The van der Waals surface area contributed by atoms with Crippen molar-refractivity contribution < 1.29 is 27.3 Å². The van der Waals surface area contributed by atoms with Crippen LogP contribution in [0.25, 0.3) is 0 Å². The number of hydrogen-bond donors (Lipinski definition) is 3. The standard InChI is InChI=1S/C26H29ClF3N7O4/c1-11(2)21-15(10-41-36-21)24(38)32-22(20(12-3-4-12)13-5-6-13)26(40)31-16-9-37(35-23(16)30)17(8-19(28)29)14-7-18(27)33-34-25(14)39/h7,9-13,17,19-20,22H,3-6,8H2,1-2H3,(H,31,40)(H,32,38)(H,34,39)/t17?,22-/m0/s1. The summed E-state index contributed by atoms with van der Waals surface area (Å²) in [6.45, 7) is 3.71. The highest BCUT2D eigenvalue weighted by molar-refractivity contribution is 6.29. The molecule has 3 aromatic rings. The van der Waals surface area contributed by atoms with Gasteiger partial charge in [0.2, 0.25) is 12.3 Å². The van der Waals surface area contributed by atoms with Crippen LogP contribution in [0.15, 0.2) is 27.8 Å². The van der Waals surface area contributed by atoms with Crippen molar-refractivity contribution in [3.63, 3.8) is 0 Å². The van der Waals surface area contributed by atoms with Gasteiger partial charge in [0, 0.05) is 12.0 Å². The topological polar surface area (TPSA) is 148 Å². The molecule has 2 fully saturated rings. The summed E-state index contributed by atoms with van der Waals surface area (Å²) in [5.41, 5.74) is -0.732. The zero-order valence-electron chi connectivity index (χ0n) is 22.2. The van der Waals surface area contributed by atoms with Crippen LogP contribution in [-0.4, -0.2) is 49.4 Å². The third-order valence-corrected chi connectivity index (χ3v) is 7.69. The van der Waals surface area contributed by atoms with Crippen molar-refractivity contribution >= 4 is 29.1 Å². The van der Waals surface area contributed by atoms with Gasteiger partial charge in [-0.2, -0.15) is 9.49 Å². The van der Waals surface area contributed by atoms with Crippen LogP contribution in [0.4, 0.5) is 18.9 Å². The number of halogens is 4. The molecule has 3 aromatic heterocycles. The monoisotopic (exact) mass is 595 g/mol. The van der Waals surface area contributed by atoms with E-state index in [1.165, 1.54) is 6.26 Å². The van der Waals surface area contributed by atoms with Crippen molar-refractivity contribution in [2.75, 3.05) is 5.32 Å². The lowest BCUT2D eigenvalue weighted by Crippen LogP contribution is -2.50. The summed E-state index contributed by atoms with van der Waals surface area (Å²) in [5.74, 6) is -2.15. The Morgan fingerprint density at radius 2 is 1.90 bits per heavy atom. The maximum atomic E-state index is 15.0. The second-order valence-electron chi connectivity index (χ2n) is 10.9. The Morgan fingerprint density at radius 3 is 2.51 bits per heavy atom. The van der Waals surface area contributed by atoms with Gasteiger partial charge in [0.05, 0.1) is 17.9 Å². The van der Waals surface area contributed by atoms with Crippen LogP contribution in [0.1, 0.15) is 79.5 Å². The zero-order valence-corrected chi connectivity index (χ0v) is 23.0. The van der Waals surface area contributed by atoms with Crippen LogP contribution < -0.4 is 16.2 Å². The van der Waals surface area contributed by atoms with E-state index in [1.54, 1.807) is 0 Å². The van der Waals surface area contributed by atoms with Crippen molar-refractivity contribution in [2.24, 2.45) is 17.8 Å². The highest BCUT2D eigenvalue weighted by atomic mass is 35.5. The molecule has 220 valence electrons. The molecule has 41 heavy (non-hydrogen) atoms. The fraction of sp³-hybridized carbons (Fsp3) is 0.538. The molecule has 2 atom stereocenters. The Labute approximate surface area is 237 Å². The van der Waals surface area contributed by atoms with E-state index in [0.29, 0.717) is 5.69 Å². The Morgan fingerprint density at radius 1 is 1.22 bits per heavy atom. The van der Waals surface area contributed by atoms with Gasteiger partial charge in [0.25, 0.3) is 17.4 Å². The predicted octanol–water partition coefficient (Wildman–Crippen LogP) is 4.29. The second kappa shape index (κ2) is 11.7. The average Bonchev–Trinajstić information content (AvgIpc) is 3.84. The lowest BCUT2D eigenvalue weighted by Gasteiger charge is -2.27. The lowest BCUT2D eigenvalue weighted by molar-refractivity contribution is -0.119. The Kier molecular flexibility index (Phi) is 8.20. The molecule has 3 N–H and O–H groups in total. The van der Waals surface area contributed by atoms with Crippen molar-refractivity contribution in [3.05, 3.63) is 56.8 Å². The Balaban J connectivity index is 1.42. The average molecular weight is 596 g/mol. The molecule has 2 saturated carbocycles. The number of H-pyrrole nitrogens is 1. The molecular weight excluding hydrogens is 567 g/mol. The highest BCUT2D eigenvalue weighted by Crippen LogP contribution is 2.51. The Hall–Kier alpha value is -3.68. The van der Waals surface area contributed by atoms with E-state index in [1.807, 2.05) is 13.8 Å². The molecule has 0 bridgehead atoms. The molecule has 11 nitrogen and oxygen atoms in total. The molecule has 0 aliphatic heterocycles. The molecule has 5 rings (SSSR count). The number of carbonyl (C=O) groups excluding carboxylic acids is 2. The molecule has 2 amide bonds. The number of carbonyl (C=O) groups is 2. The first kappa shape index (κ1) is 28.8. The fourth-order valence-corrected chi connectivity index (χ4v) is 5.45. The molecule has 15 heteroatoms. The molecule has 1 unspecified atom stereocenters. The summed E-state index contributed by atoms with van der Waals surface area (Å²) in [6.07, 6.45) is 2.16. The molecule has 2 aliphatic rings. The van der Waals surface area contributed by atoms with Crippen LogP contribution >= 0.6 is 11.6 Å². The quantitative estimate of drug-likeness (QED) is 0.283. The minimum absolute atomic E-state index is 0.104. The maximum Gasteiger partial charge on any atom is 0.269 e. The first-order valence-corrected chi connectivity index (χ1v) is 13.7. The number of nitrogens with zero attached hydrogens (tertiary/aromatic N) is 4. The van der Waals surface area contributed by atoms with Gasteiger partial charge >= 0.3 is 0 Å². The molecule has 2 aliphatic carbocycles. The molecule has 0 radical (unpaired) electrons.